The zero-order valence-corrected chi connectivity index (χ0v) is 8.20. The van der Waals surface area contributed by atoms with Crippen LogP contribution in [0.15, 0.2) is 10.9 Å². The predicted molar refractivity (Wildman–Crippen MR) is 51.8 cm³/mol. The average molecular weight is 195 g/mol. The van der Waals surface area contributed by atoms with Crippen molar-refractivity contribution in [1.82, 2.24) is 9.97 Å². The van der Waals surface area contributed by atoms with Gasteiger partial charge in [-0.05, 0) is 5.92 Å². The number of aromatic amines is 1. The second-order valence-corrected chi connectivity index (χ2v) is 3.41. The zero-order chi connectivity index (χ0) is 10.7. The number of carbonyl (C=O) groups excluding carboxylic acids is 1. The van der Waals surface area contributed by atoms with E-state index < -0.39 is 5.91 Å². The van der Waals surface area contributed by atoms with E-state index in [0.717, 1.165) is 0 Å². The molecule has 0 fully saturated rings. The number of rotatable bonds is 3. The van der Waals surface area contributed by atoms with Gasteiger partial charge in [0, 0.05) is 6.07 Å². The van der Waals surface area contributed by atoms with Crippen molar-refractivity contribution in [2.24, 2.45) is 5.73 Å². The van der Waals surface area contributed by atoms with E-state index in [-0.39, 0.29) is 17.9 Å². The summed E-state index contributed by atoms with van der Waals surface area (Å²) in [6.07, 6.45) is -0.0319. The lowest BCUT2D eigenvalue weighted by Crippen LogP contribution is -2.20. The van der Waals surface area contributed by atoms with Crippen LogP contribution in [0.3, 0.4) is 0 Å². The summed E-state index contributed by atoms with van der Waals surface area (Å²) in [7, 11) is 0. The standard InChI is InChI=1S/C9H13N3O2/c1-5(2)6-3-9(14)12-8(11-6)4-7(10)13/h3,5H,4H2,1-2H3,(H2,10,13)(H,11,12,14). The summed E-state index contributed by atoms with van der Waals surface area (Å²) in [4.78, 5) is 28.4. The third-order valence-corrected chi connectivity index (χ3v) is 1.74. The SMILES string of the molecule is CC(C)c1cc(=O)[nH]c(CC(N)=O)n1. The van der Waals surface area contributed by atoms with Crippen molar-refractivity contribution in [1.29, 1.82) is 0 Å². The fourth-order valence-electron chi connectivity index (χ4n) is 1.07. The molecule has 1 rings (SSSR count). The van der Waals surface area contributed by atoms with Gasteiger partial charge in [-0.25, -0.2) is 4.98 Å². The maximum atomic E-state index is 11.1. The van der Waals surface area contributed by atoms with Gasteiger partial charge in [-0.1, -0.05) is 13.8 Å². The van der Waals surface area contributed by atoms with Crippen LogP contribution in [0.2, 0.25) is 0 Å². The van der Waals surface area contributed by atoms with E-state index in [4.69, 9.17) is 5.73 Å². The van der Waals surface area contributed by atoms with Gasteiger partial charge in [0.2, 0.25) is 5.91 Å². The maximum absolute atomic E-state index is 11.1. The molecule has 5 nitrogen and oxygen atoms in total. The Labute approximate surface area is 81.4 Å². The van der Waals surface area contributed by atoms with E-state index in [1.165, 1.54) is 6.07 Å². The summed E-state index contributed by atoms with van der Waals surface area (Å²) < 4.78 is 0. The highest BCUT2D eigenvalue weighted by Crippen LogP contribution is 2.08. The molecule has 1 aromatic rings. The van der Waals surface area contributed by atoms with Crippen LogP contribution >= 0.6 is 0 Å². The highest BCUT2D eigenvalue weighted by molar-refractivity contribution is 5.75. The van der Waals surface area contributed by atoms with Gasteiger partial charge in [-0.3, -0.25) is 9.59 Å². The first-order chi connectivity index (χ1) is 6.49. The molecule has 1 heterocycles. The van der Waals surface area contributed by atoms with Crippen LogP contribution in [-0.2, 0) is 11.2 Å². The minimum atomic E-state index is -0.506. The molecule has 1 amide bonds. The molecule has 0 radical (unpaired) electrons. The Morgan fingerprint density at radius 2 is 2.29 bits per heavy atom. The number of H-pyrrole nitrogens is 1. The number of nitrogens with one attached hydrogen (secondary N) is 1. The van der Waals surface area contributed by atoms with E-state index in [1.54, 1.807) is 0 Å². The van der Waals surface area contributed by atoms with Crippen LogP contribution in [0.4, 0.5) is 0 Å². The Balaban J connectivity index is 3.07. The van der Waals surface area contributed by atoms with Gasteiger partial charge in [0.05, 0.1) is 12.1 Å². The van der Waals surface area contributed by atoms with Gasteiger partial charge in [-0.2, -0.15) is 0 Å². The van der Waals surface area contributed by atoms with Crippen molar-refractivity contribution in [3.05, 3.63) is 27.9 Å². The molecule has 0 unspecified atom stereocenters. The largest absolute Gasteiger partial charge is 0.369 e. The molecule has 0 bridgehead atoms. The van der Waals surface area contributed by atoms with Gasteiger partial charge < -0.3 is 10.7 Å². The molecule has 0 spiro atoms. The normalized spacial score (nSPS) is 10.5. The highest BCUT2D eigenvalue weighted by atomic mass is 16.1. The first-order valence-corrected chi connectivity index (χ1v) is 4.37. The van der Waals surface area contributed by atoms with E-state index >= 15 is 0 Å². The minimum absolute atomic E-state index is 0.0319. The van der Waals surface area contributed by atoms with Gasteiger partial charge >= 0.3 is 0 Å². The topological polar surface area (TPSA) is 88.8 Å². The molecule has 0 aliphatic carbocycles. The molecule has 0 saturated carbocycles. The van der Waals surface area contributed by atoms with Crippen molar-refractivity contribution in [3.63, 3.8) is 0 Å². The first kappa shape index (κ1) is 10.4. The van der Waals surface area contributed by atoms with Gasteiger partial charge in [-0.15, -0.1) is 0 Å². The molecule has 0 aromatic carbocycles. The Bertz CT molecular complexity index is 395. The summed E-state index contributed by atoms with van der Waals surface area (Å²) in [6.45, 7) is 3.85. The lowest BCUT2D eigenvalue weighted by Gasteiger charge is -2.05. The third-order valence-electron chi connectivity index (χ3n) is 1.74. The van der Waals surface area contributed by atoms with Crippen LogP contribution in [0.5, 0.6) is 0 Å². The second-order valence-electron chi connectivity index (χ2n) is 3.41. The van der Waals surface area contributed by atoms with Crippen LogP contribution < -0.4 is 11.3 Å². The number of aromatic nitrogens is 2. The van der Waals surface area contributed by atoms with Crippen molar-refractivity contribution >= 4 is 5.91 Å². The lowest BCUT2D eigenvalue weighted by atomic mass is 10.1. The second kappa shape index (κ2) is 4.04. The van der Waals surface area contributed by atoms with E-state index in [0.29, 0.717) is 11.5 Å². The Hall–Kier alpha value is -1.65. The monoisotopic (exact) mass is 195 g/mol. The van der Waals surface area contributed by atoms with Gasteiger partial charge in [0.1, 0.15) is 5.82 Å². The van der Waals surface area contributed by atoms with E-state index in [1.807, 2.05) is 13.8 Å². The number of nitrogens with zero attached hydrogens (tertiary/aromatic N) is 1. The smallest absolute Gasteiger partial charge is 0.251 e. The van der Waals surface area contributed by atoms with Crippen molar-refractivity contribution in [3.8, 4) is 0 Å². The van der Waals surface area contributed by atoms with Gasteiger partial charge in [0.15, 0.2) is 0 Å². The van der Waals surface area contributed by atoms with Gasteiger partial charge in [0.25, 0.3) is 5.56 Å². The van der Waals surface area contributed by atoms with Crippen molar-refractivity contribution in [2.45, 2.75) is 26.2 Å². The number of hydrogen-bond donors (Lipinski definition) is 2. The summed E-state index contributed by atoms with van der Waals surface area (Å²) in [5.41, 5.74) is 5.42. The van der Waals surface area contributed by atoms with Crippen LogP contribution in [-0.4, -0.2) is 15.9 Å². The average Bonchev–Trinajstić information content (AvgIpc) is 2.01. The molecule has 5 heteroatoms. The van der Waals surface area contributed by atoms with E-state index in [9.17, 15) is 9.59 Å². The fourth-order valence-corrected chi connectivity index (χ4v) is 1.07. The molecular weight excluding hydrogens is 182 g/mol. The summed E-state index contributed by atoms with van der Waals surface area (Å²) in [5.74, 6) is -0.0216. The Morgan fingerprint density at radius 1 is 1.64 bits per heavy atom. The Morgan fingerprint density at radius 3 is 2.79 bits per heavy atom. The van der Waals surface area contributed by atoms with Crippen LogP contribution in [0.1, 0.15) is 31.3 Å². The molecule has 3 N–H and O–H groups in total. The lowest BCUT2D eigenvalue weighted by molar-refractivity contribution is -0.117. The molecule has 14 heavy (non-hydrogen) atoms. The Kier molecular flexibility index (Phi) is 3.01. The highest BCUT2D eigenvalue weighted by Gasteiger charge is 2.06. The minimum Gasteiger partial charge on any atom is -0.369 e. The molecule has 0 saturated heterocycles. The fraction of sp³-hybridized carbons (Fsp3) is 0.444. The van der Waals surface area contributed by atoms with E-state index in [2.05, 4.69) is 9.97 Å². The summed E-state index contributed by atoms with van der Waals surface area (Å²) >= 11 is 0. The molecule has 1 aromatic heterocycles. The van der Waals surface area contributed by atoms with Crippen LogP contribution in [0.25, 0.3) is 0 Å². The zero-order valence-electron chi connectivity index (χ0n) is 8.20. The summed E-state index contributed by atoms with van der Waals surface area (Å²) in [5, 5.41) is 0. The van der Waals surface area contributed by atoms with Crippen molar-refractivity contribution in [2.75, 3.05) is 0 Å². The predicted octanol–water partition coefficient (Wildman–Crippen LogP) is -0.0789. The summed E-state index contributed by atoms with van der Waals surface area (Å²) in [6, 6.07) is 1.43. The number of hydrogen-bond acceptors (Lipinski definition) is 3. The quantitative estimate of drug-likeness (QED) is 0.707. The van der Waals surface area contributed by atoms with Crippen molar-refractivity contribution < 1.29 is 4.79 Å². The molecule has 0 atom stereocenters. The number of carbonyl (C=O) groups is 1. The number of nitrogens with two attached hydrogens (primary N) is 1. The molecule has 76 valence electrons. The third kappa shape index (κ3) is 2.69. The molecular formula is C9H13N3O2. The number of amides is 1. The molecule has 0 aliphatic rings. The molecule has 0 aliphatic heterocycles. The maximum Gasteiger partial charge on any atom is 0.251 e. The first-order valence-electron chi connectivity index (χ1n) is 4.37. The van der Waals surface area contributed by atoms with Crippen LogP contribution in [0, 0.1) is 0 Å². The number of primary amides is 1.